The molecule has 0 saturated carbocycles. The van der Waals surface area contributed by atoms with Gasteiger partial charge < -0.3 is 15.0 Å². The van der Waals surface area contributed by atoms with Gasteiger partial charge in [0, 0.05) is 20.0 Å². The lowest BCUT2D eigenvalue weighted by Crippen LogP contribution is -2.57. The van der Waals surface area contributed by atoms with Gasteiger partial charge in [0.05, 0.1) is 5.54 Å². The number of hydrogen-bond acceptors (Lipinski definition) is 3. The van der Waals surface area contributed by atoms with Crippen molar-refractivity contribution in [2.45, 2.75) is 44.8 Å². The maximum Gasteiger partial charge on any atom is 0.408 e. The van der Waals surface area contributed by atoms with E-state index in [1.54, 1.807) is 11.9 Å². The fourth-order valence-electron chi connectivity index (χ4n) is 2.75. The lowest BCUT2D eigenvalue weighted by molar-refractivity contribution is -0.134. The molecule has 0 radical (unpaired) electrons. The molecular weight excluding hydrogens is 280 g/mol. The zero-order valence-electron chi connectivity index (χ0n) is 13.7. The molecule has 0 spiro atoms. The lowest BCUT2D eigenvalue weighted by atomic mass is 9.82. The Kier molecular flexibility index (Phi) is 4.44. The molecule has 2 rings (SSSR count). The highest BCUT2D eigenvalue weighted by atomic mass is 16.6. The number of piperidine rings is 1. The summed E-state index contributed by atoms with van der Waals surface area (Å²) in [5.41, 5.74) is -0.176. The molecule has 1 heterocycles. The molecule has 0 bridgehead atoms. The van der Waals surface area contributed by atoms with E-state index in [1.165, 1.54) is 0 Å². The molecule has 1 N–H and O–H groups in total. The highest BCUT2D eigenvalue weighted by Crippen LogP contribution is 2.32. The topological polar surface area (TPSA) is 58.6 Å². The summed E-state index contributed by atoms with van der Waals surface area (Å²) in [6, 6.07) is 9.75. The minimum absolute atomic E-state index is 0.0949. The van der Waals surface area contributed by atoms with Crippen molar-refractivity contribution < 1.29 is 14.3 Å². The van der Waals surface area contributed by atoms with Crippen molar-refractivity contribution in [3.8, 4) is 0 Å². The van der Waals surface area contributed by atoms with Gasteiger partial charge in [-0.2, -0.15) is 0 Å². The second kappa shape index (κ2) is 5.99. The number of likely N-dealkylation sites (tertiary alicyclic amines) is 1. The van der Waals surface area contributed by atoms with Crippen LogP contribution >= 0.6 is 0 Å². The normalized spacial score (nSPS) is 22.4. The Morgan fingerprint density at radius 2 is 1.91 bits per heavy atom. The molecule has 2 amide bonds. The van der Waals surface area contributed by atoms with E-state index in [-0.39, 0.29) is 5.91 Å². The summed E-state index contributed by atoms with van der Waals surface area (Å²) < 4.78 is 5.40. The molecule has 22 heavy (non-hydrogen) atoms. The van der Waals surface area contributed by atoms with Gasteiger partial charge in [-0.3, -0.25) is 4.79 Å². The zero-order valence-corrected chi connectivity index (χ0v) is 13.7. The zero-order chi connectivity index (χ0) is 16.4. The molecule has 120 valence electrons. The molecule has 1 aliphatic heterocycles. The molecular formula is C17H24N2O3. The fourth-order valence-corrected chi connectivity index (χ4v) is 2.75. The number of hydrogen-bond donors (Lipinski definition) is 1. The predicted molar refractivity (Wildman–Crippen MR) is 84.4 cm³/mol. The van der Waals surface area contributed by atoms with Crippen molar-refractivity contribution in [2.24, 2.45) is 0 Å². The van der Waals surface area contributed by atoms with E-state index < -0.39 is 17.2 Å². The first kappa shape index (κ1) is 16.3. The van der Waals surface area contributed by atoms with Crippen LogP contribution in [0, 0.1) is 0 Å². The second-order valence-electron chi connectivity index (χ2n) is 6.82. The summed E-state index contributed by atoms with van der Waals surface area (Å²) in [5.74, 6) is 0.0949. The van der Waals surface area contributed by atoms with E-state index in [4.69, 9.17) is 4.74 Å². The van der Waals surface area contributed by atoms with Crippen LogP contribution in [0.5, 0.6) is 0 Å². The Hall–Kier alpha value is -2.04. The average Bonchev–Trinajstić information content (AvgIpc) is 2.42. The summed E-state index contributed by atoms with van der Waals surface area (Å²) >= 11 is 0. The Balaban J connectivity index is 2.27. The van der Waals surface area contributed by atoms with Crippen LogP contribution in [0.3, 0.4) is 0 Å². The van der Waals surface area contributed by atoms with Gasteiger partial charge in [-0.25, -0.2) is 4.79 Å². The van der Waals surface area contributed by atoms with Crippen LogP contribution in [0.2, 0.25) is 0 Å². The first-order chi connectivity index (χ1) is 10.2. The molecule has 0 aromatic heterocycles. The van der Waals surface area contributed by atoms with Crippen molar-refractivity contribution in [1.29, 1.82) is 0 Å². The molecule has 0 aliphatic carbocycles. The van der Waals surface area contributed by atoms with E-state index in [2.05, 4.69) is 5.32 Å². The van der Waals surface area contributed by atoms with Crippen LogP contribution in [0.1, 0.15) is 39.2 Å². The number of carbonyl (C=O) groups excluding carboxylic acids is 2. The third kappa shape index (κ3) is 3.78. The Labute approximate surface area is 131 Å². The number of benzene rings is 1. The molecule has 5 nitrogen and oxygen atoms in total. The SMILES string of the molecule is CN1CC(NC(=O)OC(C)(C)C)(c2ccccc2)CCC1=O. The van der Waals surface area contributed by atoms with E-state index >= 15 is 0 Å². The number of carbonyl (C=O) groups is 2. The van der Waals surface area contributed by atoms with Gasteiger partial charge in [-0.05, 0) is 32.8 Å². The lowest BCUT2D eigenvalue weighted by Gasteiger charge is -2.42. The smallest absolute Gasteiger partial charge is 0.408 e. The van der Waals surface area contributed by atoms with E-state index in [0.29, 0.717) is 19.4 Å². The van der Waals surface area contributed by atoms with Crippen LogP contribution in [0.4, 0.5) is 4.79 Å². The van der Waals surface area contributed by atoms with Crippen LogP contribution in [-0.4, -0.2) is 36.1 Å². The van der Waals surface area contributed by atoms with Crippen LogP contribution in [-0.2, 0) is 15.1 Å². The van der Waals surface area contributed by atoms with Crippen LogP contribution in [0.15, 0.2) is 30.3 Å². The highest BCUT2D eigenvalue weighted by molar-refractivity contribution is 5.78. The largest absolute Gasteiger partial charge is 0.444 e. The standard InChI is InChI=1S/C17H24N2O3/c1-16(2,3)22-15(21)18-17(13-8-6-5-7-9-13)11-10-14(20)19(4)12-17/h5-9H,10-12H2,1-4H3,(H,18,21). The monoisotopic (exact) mass is 304 g/mol. The molecule has 1 aliphatic rings. The van der Waals surface area contributed by atoms with Gasteiger partial charge in [0.2, 0.25) is 5.91 Å². The summed E-state index contributed by atoms with van der Waals surface area (Å²) in [6.45, 7) is 5.93. The Bertz CT molecular complexity index is 551. The number of amides is 2. The van der Waals surface area contributed by atoms with Gasteiger partial charge in [0.1, 0.15) is 5.60 Å². The molecule has 1 saturated heterocycles. The quantitative estimate of drug-likeness (QED) is 0.914. The van der Waals surface area contributed by atoms with E-state index in [1.807, 2.05) is 51.1 Å². The first-order valence-electron chi connectivity index (χ1n) is 7.52. The first-order valence-corrected chi connectivity index (χ1v) is 7.52. The molecule has 1 fully saturated rings. The molecule has 5 heteroatoms. The van der Waals surface area contributed by atoms with Crippen molar-refractivity contribution in [2.75, 3.05) is 13.6 Å². The van der Waals surface area contributed by atoms with Crippen molar-refractivity contribution >= 4 is 12.0 Å². The van der Waals surface area contributed by atoms with Gasteiger partial charge >= 0.3 is 6.09 Å². The molecule has 1 aromatic rings. The van der Waals surface area contributed by atoms with Crippen molar-refractivity contribution in [3.63, 3.8) is 0 Å². The average molecular weight is 304 g/mol. The summed E-state index contributed by atoms with van der Waals surface area (Å²) in [4.78, 5) is 25.7. The maximum absolute atomic E-state index is 12.3. The summed E-state index contributed by atoms with van der Waals surface area (Å²) in [6.07, 6.45) is 0.514. The number of likely N-dealkylation sites (N-methyl/N-ethyl adjacent to an activating group) is 1. The number of nitrogens with one attached hydrogen (secondary N) is 1. The third-order valence-corrected chi connectivity index (χ3v) is 3.77. The summed E-state index contributed by atoms with van der Waals surface area (Å²) in [5, 5.41) is 3.00. The van der Waals surface area contributed by atoms with Crippen molar-refractivity contribution in [1.82, 2.24) is 10.2 Å². The van der Waals surface area contributed by atoms with E-state index in [0.717, 1.165) is 5.56 Å². The molecule has 1 atom stereocenters. The van der Waals surface area contributed by atoms with Gasteiger partial charge in [0.15, 0.2) is 0 Å². The Morgan fingerprint density at radius 1 is 1.27 bits per heavy atom. The predicted octanol–water partition coefficient (Wildman–Crippen LogP) is 2.66. The maximum atomic E-state index is 12.3. The number of rotatable bonds is 2. The highest BCUT2D eigenvalue weighted by Gasteiger charge is 2.41. The minimum Gasteiger partial charge on any atom is -0.444 e. The minimum atomic E-state index is -0.605. The fraction of sp³-hybridized carbons (Fsp3) is 0.529. The van der Waals surface area contributed by atoms with E-state index in [9.17, 15) is 9.59 Å². The number of alkyl carbamates (subject to hydrolysis) is 1. The van der Waals surface area contributed by atoms with Crippen LogP contribution < -0.4 is 5.32 Å². The van der Waals surface area contributed by atoms with Gasteiger partial charge in [-0.1, -0.05) is 30.3 Å². The molecule has 1 unspecified atom stereocenters. The van der Waals surface area contributed by atoms with Crippen LogP contribution in [0.25, 0.3) is 0 Å². The number of ether oxygens (including phenoxy) is 1. The number of nitrogens with zero attached hydrogens (tertiary/aromatic N) is 1. The summed E-state index contributed by atoms with van der Waals surface area (Å²) in [7, 11) is 1.76. The second-order valence-corrected chi connectivity index (χ2v) is 6.82. The third-order valence-electron chi connectivity index (χ3n) is 3.77. The Morgan fingerprint density at radius 3 is 2.45 bits per heavy atom. The molecule has 1 aromatic carbocycles. The van der Waals surface area contributed by atoms with Gasteiger partial charge in [0.25, 0.3) is 0 Å². The van der Waals surface area contributed by atoms with Gasteiger partial charge in [-0.15, -0.1) is 0 Å². The van der Waals surface area contributed by atoms with Crippen molar-refractivity contribution in [3.05, 3.63) is 35.9 Å².